The summed E-state index contributed by atoms with van der Waals surface area (Å²) in [6.07, 6.45) is 8.65. The van der Waals surface area contributed by atoms with Gasteiger partial charge in [-0.25, -0.2) is 4.98 Å². The van der Waals surface area contributed by atoms with Crippen LogP contribution in [0.25, 0.3) is 21.3 Å². The van der Waals surface area contributed by atoms with Crippen LogP contribution in [0.3, 0.4) is 0 Å². The van der Waals surface area contributed by atoms with Crippen LogP contribution in [0.5, 0.6) is 0 Å². The second kappa shape index (κ2) is 9.54. The first kappa shape index (κ1) is 24.1. The van der Waals surface area contributed by atoms with Crippen LogP contribution in [-0.4, -0.2) is 21.4 Å². The summed E-state index contributed by atoms with van der Waals surface area (Å²) in [4.78, 5) is 45.0. The molecule has 9 heteroatoms. The Morgan fingerprint density at radius 3 is 2.81 bits per heavy atom. The van der Waals surface area contributed by atoms with Crippen molar-refractivity contribution in [2.45, 2.75) is 58.4 Å². The highest BCUT2D eigenvalue weighted by atomic mass is 32.1. The number of thiophene rings is 2. The Bertz CT molecular complexity index is 1610. The van der Waals surface area contributed by atoms with Crippen molar-refractivity contribution in [2.75, 3.05) is 5.32 Å². The third-order valence-electron chi connectivity index (χ3n) is 7.55. The number of nitrogens with two attached hydrogens (primary N) is 1. The fourth-order valence-corrected chi connectivity index (χ4v) is 7.95. The highest BCUT2D eigenvalue weighted by molar-refractivity contribution is 7.17. The van der Waals surface area contributed by atoms with Gasteiger partial charge in [0.05, 0.1) is 17.3 Å². The quantitative estimate of drug-likeness (QED) is 0.380. The van der Waals surface area contributed by atoms with Gasteiger partial charge in [0.2, 0.25) is 5.91 Å². The second-order valence-electron chi connectivity index (χ2n) is 10.2. The van der Waals surface area contributed by atoms with Crippen molar-refractivity contribution in [1.82, 2.24) is 9.55 Å². The monoisotopic (exact) mass is 532 g/mol. The molecule has 37 heavy (non-hydrogen) atoms. The summed E-state index contributed by atoms with van der Waals surface area (Å²) in [5.41, 5.74) is 11.4. The lowest BCUT2D eigenvalue weighted by atomic mass is 9.88. The smallest absolute Gasteiger partial charge is 0.263 e. The molecule has 0 bridgehead atoms. The molecule has 1 atom stereocenters. The molecule has 1 aromatic carbocycles. The minimum atomic E-state index is -0.532. The predicted octanol–water partition coefficient (Wildman–Crippen LogP) is 4.93. The van der Waals surface area contributed by atoms with Gasteiger partial charge in [-0.3, -0.25) is 19.0 Å². The number of rotatable bonds is 5. The Morgan fingerprint density at radius 2 is 2.00 bits per heavy atom. The van der Waals surface area contributed by atoms with Crippen molar-refractivity contribution < 1.29 is 9.59 Å². The van der Waals surface area contributed by atoms with Gasteiger partial charge in [0, 0.05) is 15.8 Å². The zero-order valence-corrected chi connectivity index (χ0v) is 22.3. The summed E-state index contributed by atoms with van der Waals surface area (Å²) in [6, 6.07) is 6.46. The van der Waals surface area contributed by atoms with E-state index in [0.717, 1.165) is 53.7 Å². The number of aryl methyl sites for hydroxylation is 2. The normalized spacial score (nSPS) is 16.8. The lowest BCUT2D eigenvalue weighted by Gasteiger charge is -2.18. The molecule has 6 rings (SSSR count). The maximum Gasteiger partial charge on any atom is 0.263 e. The topological polar surface area (TPSA) is 107 Å². The van der Waals surface area contributed by atoms with Crippen molar-refractivity contribution in [3.05, 3.63) is 67.4 Å². The lowest BCUT2D eigenvalue weighted by molar-refractivity contribution is -0.116. The molecule has 0 aliphatic heterocycles. The van der Waals surface area contributed by atoms with E-state index in [4.69, 9.17) is 5.73 Å². The zero-order valence-electron chi connectivity index (χ0n) is 20.6. The van der Waals surface area contributed by atoms with E-state index in [1.54, 1.807) is 0 Å². The van der Waals surface area contributed by atoms with Gasteiger partial charge in [0.1, 0.15) is 16.4 Å². The first-order chi connectivity index (χ1) is 17.9. The van der Waals surface area contributed by atoms with E-state index >= 15 is 0 Å². The molecule has 4 aromatic rings. The van der Waals surface area contributed by atoms with E-state index in [0.29, 0.717) is 26.7 Å². The van der Waals surface area contributed by atoms with Crippen LogP contribution < -0.4 is 16.6 Å². The average molecular weight is 533 g/mol. The molecular formula is C28H28N4O3S2. The van der Waals surface area contributed by atoms with E-state index in [-0.39, 0.29) is 18.0 Å². The number of hydrogen-bond acceptors (Lipinski definition) is 6. The number of carbonyl (C=O) groups is 2. The van der Waals surface area contributed by atoms with Crippen molar-refractivity contribution in [3.8, 4) is 11.1 Å². The highest BCUT2D eigenvalue weighted by Crippen LogP contribution is 2.39. The molecule has 190 valence electrons. The average Bonchev–Trinajstić information content (AvgIpc) is 3.46. The first-order valence-corrected chi connectivity index (χ1v) is 14.4. The largest absolute Gasteiger partial charge is 0.365 e. The fourth-order valence-electron chi connectivity index (χ4n) is 5.61. The van der Waals surface area contributed by atoms with Gasteiger partial charge in [-0.05, 0) is 73.1 Å². The molecule has 1 unspecified atom stereocenters. The van der Waals surface area contributed by atoms with Crippen LogP contribution in [0, 0.1) is 5.92 Å². The van der Waals surface area contributed by atoms with Crippen molar-refractivity contribution >= 4 is 49.7 Å². The van der Waals surface area contributed by atoms with E-state index in [9.17, 15) is 14.4 Å². The summed E-state index contributed by atoms with van der Waals surface area (Å²) >= 11 is 2.85. The molecule has 0 saturated carbocycles. The summed E-state index contributed by atoms with van der Waals surface area (Å²) in [7, 11) is 0. The van der Waals surface area contributed by atoms with Crippen LogP contribution in [0.1, 0.15) is 58.1 Å². The number of nitrogens with one attached hydrogen (secondary N) is 1. The number of carbonyl (C=O) groups excluding carboxylic acids is 2. The zero-order chi connectivity index (χ0) is 25.7. The van der Waals surface area contributed by atoms with Crippen LogP contribution in [0.4, 0.5) is 5.00 Å². The summed E-state index contributed by atoms with van der Waals surface area (Å²) in [5, 5.41) is 5.84. The van der Waals surface area contributed by atoms with E-state index < -0.39 is 5.91 Å². The summed E-state index contributed by atoms with van der Waals surface area (Å²) in [6.45, 7) is 1.99. The molecule has 7 nitrogen and oxygen atoms in total. The standard InChI is InChI=1S/C28H28N4O3S2/c1-15-6-9-19-21(10-15)37-27(23(19)25(29)34)31-22(33)12-32-14-30-26-24(28(32)35)20(13-36-26)18-8-7-16-4-2-3-5-17(16)11-18/h7-8,11,13-15H,2-6,9-10,12H2,1H3,(H2,29,34)(H,31,33). The maximum absolute atomic E-state index is 13.5. The van der Waals surface area contributed by atoms with Gasteiger partial charge < -0.3 is 11.1 Å². The molecule has 3 N–H and O–H groups in total. The van der Waals surface area contributed by atoms with Gasteiger partial charge in [-0.1, -0.05) is 25.1 Å². The van der Waals surface area contributed by atoms with Crippen LogP contribution >= 0.6 is 22.7 Å². The van der Waals surface area contributed by atoms with E-state index in [1.807, 2.05) is 5.38 Å². The van der Waals surface area contributed by atoms with Crippen LogP contribution in [0.15, 0.2) is 34.7 Å². The van der Waals surface area contributed by atoms with Crippen molar-refractivity contribution in [1.29, 1.82) is 0 Å². The Morgan fingerprint density at radius 1 is 1.19 bits per heavy atom. The van der Waals surface area contributed by atoms with Gasteiger partial charge >= 0.3 is 0 Å². The van der Waals surface area contributed by atoms with E-state index in [1.165, 1.54) is 57.5 Å². The molecule has 0 radical (unpaired) electrons. The van der Waals surface area contributed by atoms with Gasteiger partial charge in [-0.15, -0.1) is 22.7 Å². The Hall–Kier alpha value is -3.30. The molecule has 2 aliphatic rings. The molecule has 0 fully saturated rings. The Balaban J connectivity index is 1.30. The Labute approximate surface area is 222 Å². The predicted molar refractivity (Wildman–Crippen MR) is 149 cm³/mol. The van der Waals surface area contributed by atoms with Gasteiger partial charge in [0.15, 0.2) is 0 Å². The van der Waals surface area contributed by atoms with E-state index in [2.05, 4.69) is 35.4 Å². The molecule has 0 saturated heterocycles. The molecule has 3 heterocycles. The minimum Gasteiger partial charge on any atom is -0.365 e. The number of primary amides is 1. The van der Waals surface area contributed by atoms with Crippen LogP contribution in [-0.2, 0) is 37.0 Å². The number of anilines is 1. The Kier molecular flexibility index (Phi) is 6.20. The number of aromatic nitrogens is 2. The summed E-state index contributed by atoms with van der Waals surface area (Å²) in [5.74, 6) is -0.389. The molecular weight excluding hydrogens is 504 g/mol. The number of hydrogen-bond donors (Lipinski definition) is 2. The number of benzene rings is 1. The molecule has 2 aliphatic carbocycles. The number of fused-ring (bicyclic) bond motifs is 3. The number of amides is 2. The third-order valence-corrected chi connectivity index (χ3v) is 9.60. The molecule has 0 spiro atoms. The van der Waals surface area contributed by atoms with Crippen molar-refractivity contribution in [3.63, 3.8) is 0 Å². The fraction of sp³-hybridized carbons (Fsp3) is 0.357. The SMILES string of the molecule is CC1CCc2c(sc(NC(=O)Cn3cnc4scc(-c5ccc6c(c5)CCCC6)c4c3=O)c2C(N)=O)C1. The summed E-state index contributed by atoms with van der Waals surface area (Å²) < 4.78 is 1.34. The van der Waals surface area contributed by atoms with Crippen LogP contribution in [0.2, 0.25) is 0 Å². The lowest BCUT2D eigenvalue weighted by Crippen LogP contribution is -2.28. The van der Waals surface area contributed by atoms with Gasteiger partial charge in [-0.2, -0.15) is 0 Å². The highest BCUT2D eigenvalue weighted by Gasteiger charge is 2.27. The molecule has 3 aromatic heterocycles. The van der Waals surface area contributed by atoms with Gasteiger partial charge in [0.25, 0.3) is 11.5 Å². The number of nitrogens with zero attached hydrogens (tertiary/aromatic N) is 2. The van der Waals surface area contributed by atoms with Crippen molar-refractivity contribution in [2.24, 2.45) is 11.7 Å². The minimum absolute atomic E-state index is 0.196. The maximum atomic E-state index is 13.5. The molecule has 2 amide bonds. The third kappa shape index (κ3) is 4.40. The second-order valence-corrected chi connectivity index (χ2v) is 12.1. The first-order valence-electron chi connectivity index (χ1n) is 12.7.